The summed E-state index contributed by atoms with van der Waals surface area (Å²) in [5, 5.41) is 16.6. The molecule has 0 radical (unpaired) electrons. The zero-order chi connectivity index (χ0) is 28.4. The fourth-order valence-corrected chi connectivity index (χ4v) is 5.90. The van der Waals surface area contributed by atoms with Crippen molar-refractivity contribution in [1.29, 1.82) is 0 Å². The highest BCUT2D eigenvalue weighted by Gasteiger charge is 2.39. The van der Waals surface area contributed by atoms with E-state index < -0.39 is 29.9 Å². The lowest BCUT2D eigenvalue weighted by atomic mass is 9.99. The van der Waals surface area contributed by atoms with Gasteiger partial charge in [-0.25, -0.2) is 8.78 Å². The summed E-state index contributed by atoms with van der Waals surface area (Å²) < 4.78 is 40.3. The summed E-state index contributed by atoms with van der Waals surface area (Å²) in [5.74, 6) is -1.27. The number of fused-ring (bicyclic) bond motifs is 5. The molecule has 216 valence electrons. The molecule has 3 N–H and O–H groups in total. The molecule has 40 heavy (non-hydrogen) atoms. The van der Waals surface area contributed by atoms with E-state index in [1.807, 2.05) is 0 Å². The zero-order valence-corrected chi connectivity index (χ0v) is 22.9. The Morgan fingerprint density at radius 1 is 1.07 bits per heavy atom. The van der Waals surface area contributed by atoms with Crippen molar-refractivity contribution in [2.75, 3.05) is 26.2 Å². The summed E-state index contributed by atoms with van der Waals surface area (Å²) in [4.78, 5) is 28.8. The van der Waals surface area contributed by atoms with Crippen LogP contribution >= 0.6 is 0 Å². The van der Waals surface area contributed by atoms with Gasteiger partial charge in [0.2, 0.25) is 5.91 Å². The smallest absolute Gasteiger partial charge is 0.255 e. The van der Waals surface area contributed by atoms with E-state index >= 15 is 0 Å². The van der Waals surface area contributed by atoms with Gasteiger partial charge in [0.05, 0.1) is 30.4 Å². The first-order chi connectivity index (χ1) is 19.2. The second-order valence-electron chi connectivity index (χ2n) is 11.4. The molecule has 4 bridgehead atoms. The van der Waals surface area contributed by atoms with Crippen LogP contribution in [0.25, 0.3) is 11.1 Å². The lowest BCUT2D eigenvalue weighted by molar-refractivity contribution is -0.133. The minimum atomic E-state index is -0.710. The number of carbonyl (C=O) groups excluding carboxylic acids is 2. The van der Waals surface area contributed by atoms with Crippen molar-refractivity contribution in [2.24, 2.45) is 5.92 Å². The summed E-state index contributed by atoms with van der Waals surface area (Å²) in [6.45, 7) is 5.80. The van der Waals surface area contributed by atoms with Crippen LogP contribution in [0.4, 0.5) is 8.78 Å². The van der Waals surface area contributed by atoms with Gasteiger partial charge in [-0.1, -0.05) is 19.9 Å². The van der Waals surface area contributed by atoms with Crippen molar-refractivity contribution >= 4 is 11.8 Å². The largest absolute Gasteiger partial charge is 0.493 e. The number of hydrogen-bond donors (Lipinski definition) is 3. The molecule has 3 heterocycles. The average molecular weight is 558 g/mol. The van der Waals surface area contributed by atoms with Crippen molar-refractivity contribution in [3.8, 4) is 16.9 Å². The Kier molecular flexibility index (Phi) is 8.68. The van der Waals surface area contributed by atoms with Crippen LogP contribution in [0.15, 0.2) is 36.4 Å². The van der Waals surface area contributed by atoms with Crippen molar-refractivity contribution in [1.82, 2.24) is 15.5 Å². The zero-order valence-electron chi connectivity index (χ0n) is 22.9. The molecule has 10 heteroatoms. The Balaban J connectivity index is 1.45. The number of benzene rings is 2. The molecule has 3 aliphatic rings. The van der Waals surface area contributed by atoms with E-state index in [0.29, 0.717) is 55.8 Å². The molecule has 5 rings (SSSR count). The molecule has 5 atom stereocenters. The summed E-state index contributed by atoms with van der Waals surface area (Å²) >= 11 is 0. The predicted octanol–water partition coefficient (Wildman–Crippen LogP) is 3.27. The SMILES string of the molecule is CC(C)CN1C[C@@H]2C[C@H]1C(=O)NC[C@H]1O[C@H](CCOc3cc(-c4ccc(F)cc4F)ccc3C(=O)N2)CC[C@@H]1O. The highest BCUT2D eigenvalue weighted by molar-refractivity contribution is 5.98. The van der Waals surface area contributed by atoms with Crippen molar-refractivity contribution < 1.29 is 33.0 Å². The fraction of sp³-hybridized carbons (Fsp3) is 0.533. The van der Waals surface area contributed by atoms with Gasteiger partial charge < -0.3 is 25.2 Å². The van der Waals surface area contributed by atoms with Gasteiger partial charge in [-0.3, -0.25) is 14.5 Å². The van der Waals surface area contributed by atoms with Crippen LogP contribution in [0.1, 0.15) is 49.9 Å². The summed E-state index contributed by atoms with van der Waals surface area (Å²) in [6, 6.07) is 7.47. The number of rotatable bonds is 3. The van der Waals surface area contributed by atoms with E-state index in [4.69, 9.17) is 9.47 Å². The van der Waals surface area contributed by atoms with E-state index in [2.05, 4.69) is 29.4 Å². The second-order valence-corrected chi connectivity index (χ2v) is 11.4. The maximum absolute atomic E-state index is 14.6. The van der Waals surface area contributed by atoms with E-state index in [-0.39, 0.29) is 48.4 Å². The van der Waals surface area contributed by atoms with Gasteiger partial charge in [0.1, 0.15) is 23.5 Å². The minimum Gasteiger partial charge on any atom is -0.493 e. The molecule has 0 aromatic heterocycles. The van der Waals surface area contributed by atoms with Gasteiger partial charge in [0.25, 0.3) is 5.91 Å². The third-order valence-corrected chi connectivity index (χ3v) is 7.87. The first-order valence-corrected chi connectivity index (χ1v) is 14.1. The number of amides is 2. The maximum Gasteiger partial charge on any atom is 0.255 e. The van der Waals surface area contributed by atoms with Crippen molar-refractivity contribution in [3.05, 3.63) is 53.6 Å². The average Bonchev–Trinajstić information content (AvgIpc) is 3.29. The molecule has 0 aliphatic carbocycles. The number of halogens is 2. The normalized spacial score (nSPS) is 28.0. The minimum absolute atomic E-state index is 0.142. The van der Waals surface area contributed by atoms with Crippen LogP contribution in [0.3, 0.4) is 0 Å². The number of aliphatic hydroxyl groups excluding tert-OH is 1. The van der Waals surface area contributed by atoms with Crippen LogP contribution in [-0.2, 0) is 9.53 Å². The quantitative estimate of drug-likeness (QED) is 0.536. The van der Waals surface area contributed by atoms with Crippen LogP contribution in [-0.4, -0.2) is 78.5 Å². The Hall–Kier alpha value is -3.08. The molecular formula is C30H37F2N3O5. The molecule has 0 saturated carbocycles. The summed E-state index contributed by atoms with van der Waals surface area (Å²) in [5.41, 5.74) is 0.942. The molecule has 8 nitrogen and oxygen atoms in total. The Morgan fingerprint density at radius 3 is 2.65 bits per heavy atom. The predicted molar refractivity (Wildman–Crippen MR) is 145 cm³/mol. The van der Waals surface area contributed by atoms with Gasteiger partial charge in [-0.05, 0) is 55.0 Å². The Morgan fingerprint density at radius 2 is 1.88 bits per heavy atom. The topological polar surface area (TPSA) is 100 Å². The van der Waals surface area contributed by atoms with E-state index in [9.17, 15) is 23.5 Å². The number of nitrogens with one attached hydrogen (secondary N) is 2. The standard InChI is InChI=1S/C30H37F2N3O5/c1-17(2)15-35-16-20-13-25(35)30(38)33-14-28-26(36)8-5-21(40-28)9-10-39-27-11-18(3-6-23(27)29(37)34-20)22-7-4-19(31)12-24(22)32/h3-4,6-7,11-12,17,20-21,25-26,28,36H,5,8-10,13-16H2,1-2H3,(H,33,38)(H,34,37)/t20-,21-,25-,26-,28+/m0/s1. The molecule has 0 unspecified atom stereocenters. The molecule has 2 fully saturated rings. The number of ether oxygens (including phenoxy) is 2. The number of nitrogens with zero attached hydrogens (tertiary/aromatic N) is 1. The van der Waals surface area contributed by atoms with Gasteiger partial charge in [0, 0.05) is 43.7 Å². The Bertz CT molecular complexity index is 1240. The van der Waals surface area contributed by atoms with Gasteiger partial charge in [-0.15, -0.1) is 0 Å². The third-order valence-electron chi connectivity index (χ3n) is 7.87. The van der Waals surface area contributed by atoms with E-state index in [1.165, 1.54) is 12.1 Å². The molecule has 2 aromatic carbocycles. The molecule has 2 saturated heterocycles. The maximum atomic E-state index is 14.6. The molecule has 2 aromatic rings. The molecule has 2 amide bonds. The molecule has 0 spiro atoms. The first kappa shape index (κ1) is 28.4. The van der Waals surface area contributed by atoms with Crippen LogP contribution in [0.5, 0.6) is 5.75 Å². The fourth-order valence-electron chi connectivity index (χ4n) is 5.90. The van der Waals surface area contributed by atoms with Crippen LogP contribution < -0.4 is 15.4 Å². The lowest BCUT2D eigenvalue weighted by Crippen LogP contribution is -2.50. The lowest BCUT2D eigenvalue weighted by Gasteiger charge is -2.34. The number of likely N-dealkylation sites (tertiary alicyclic amines) is 1. The van der Waals surface area contributed by atoms with Crippen LogP contribution in [0.2, 0.25) is 0 Å². The monoisotopic (exact) mass is 557 g/mol. The number of hydrogen-bond acceptors (Lipinski definition) is 6. The summed E-state index contributed by atoms with van der Waals surface area (Å²) in [7, 11) is 0. The van der Waals surface area contributed by atoms with Crippen molar-refractivity contribution in [2.45, 2.75) is 69.9 Å². The van der Waals surface area contributed by atoms with Gasteiger partial charge >= 0.3 is 0 Å². The molecule has 3 aliphatic heterocycles. The Labute approximate surface area is 233 Å². The van der Waals surface area contributed by atoms with E-state index in [0.717, 1.165) is 6.07 Å². The van der Waals surface area contributed by atoms with E-state index in [1.54, 1.807) is 18.2 Å². The summed E-state index contributed by atoms with van der Waals surface area (Å²) in [6.07, 6.45) is 0.732. The first-order valence-electron chi connectivity index (χ1n) is 14.1. The van der Waals surface area contributed by atoms with Gasteiger partial charge in [0.15, 0.2) is 0 Å². The number of carbonyl (C=O) groups is 2. The highest BCUT2D eigenvalue weighted by atomic mass is 19.1. The molecular weight excluding hydrogens is 520 g/mol. The third kappa shape index (κ3) is 6.45. The number of aliphatic hydroxyl groups is 1. The van der Waals surface area contributed by atoms with Gasteiger partial charge in [-0.2, -0.15) is 0 Å². The second kappa shape index (κ2) is 12.2. The van der Waals surface area contributed by atoms with Crippen molar-refractivity contribution in [3.63, 3.8) is 0 Å². The highest BCUT2D eigenvalue weighted by Crippen LogP contribution is 2.31. The van der Waals surface area contributed by atoms with Crippen LogP contribution in [0, 0.1) is 17.6 Å².